The molecule has 2 nitrogen and oxygen atoms in total. The van der Waals surface area contributed by atoms with Crippen LogP contribution in [0.25, 0.3) is 10.9 Å². The van der Waals surface area contributed by atoms with Gasteiger partial charge in [-0.15, -0.1) is 6.58 Å². The Morgan fingerprint density at radius 1 is 0.941 bits per heavy atom. The first-order valence-corrected chi connectivity index (χ1v) is 12.5. The molecule has 4 aromatic rings. The van der Waals surface area contributed by atoms with Gasteiger partial charge in [-0.25, -0.2) is 4.98 Å². The summed E-state index contributed by atoms with van der Waals surface area (Å²) in [7, 11) is 0. The van der Waals surface area contributed by atoms with Gasteiger partial charge in [0.2, 0.25) is 0 Å². The molecule has 1 aromatic heterocycles. The van der Waals surface area contributed by atoms with Crippen LogP contribution in [0.3, 0.4) is 0 Å². The largest absolute Gasteiger partial charge is 0.487 e. The molecule has 2 heteroatoms. The first kappa shape index (κ1) is 21.2. The highest BCUT2D eigenvalue weighted by Gasteiger charge is 2.53. The summed E-state index contributed by atoms with van der Waals surface area (Å²) >= 11 is 0. The summed E-state index contributed by atoms with van der Waals surface area (Å²) in [5.41, 5.74) is 6.31. The molecule has 2 aliphatic carbocycles. The number of allylic oxidation sites excluding steroid dienone is 1. The van der Waals surface area contributed by atoms with Gasteiger partial charge in [-0.2, -0.15) is 0 Å². The number of ether oxygens (including phenoxy) is 1. The molecule has 34 heavy (non-hydrogen) atoms. The summed E-state index contributed by atoms with van der Waals surface area (Å²) in [5, 5.41) is 1.16. The molecule has 2 bridgehead atoms. The minimum absolute atomic E-state index is 0.0725. The maximum Gasteiger partial charge on any atom is 0.130 e. The molecule has 170 valence electrons. The van der Waals surface area contributed by atoms with Gasteiger partial charge < -0.3 is 4.74 Å². The van der Waals surface area contributed by atoms with Crippen molar-refractivity contribution in [2.24, 2.45) is 11.8 Å². The molecule has 3 aromatic carbocycles. The first-order chi connectivity index (χ1) is 16.8. The molecular weight excluding hydrogens is 414 g/mol. The number of hydrogen-bond donors (Lipinski definition) is 0. The van der Waals surface area contributed by atoms with Crippen molar-refractivity contribution in [2.75, 3.05) is 0 Å². The number of hydrogen-bond acceptors (Lipinski definition) is 2. The zero-order valence-electron chi connectivity index (χ0n) is 19.6. The standard InChI is InChI=1S/C32H31NO/c1-2-8-24-15-18-29(34-22-28-17-14-25-9-6-7-12-31(25)33-28)20-30(24)32(26-10-4-3-5-11-26)21-23-13-16-27(32)19-23/h2-7,9-12,14-15,17-18,20,23,27H,1,8,13,16,19,21-22H2. The number of benzene rings is 3. The predicted molar refractivity (Wildman–Crippen MR) is 139 cm³/mol. The lowest BCUT2D eigenvalue weighted by molar-refractivity contribution is 0.295. The third kappa shape index (κ3) is 3.62. The normalized spacial score (nSPS) is 23.3. The summed E-state index contributed by atoms with van der Waals surface area (Å²) in [6, 6.07) is 30.3. The molecule has 0 radical (unpaired) electrons. The minimum Gasteiger partial charge on any atom is -0.487 e. The Kier molecular flexibility index (Phi) is 5.45. The molecule has 1 heterocycles. The Morgan fingerprint density at radius 2 is 1.79 bits per heavy atom. The van der Waals surface area contributed by atoms with Crippen molar-refractivity contribution in [1.29, 1.82) is 0 Å². The zero-order chi connectivity index (χ0) is 23.0. The van der Waals surface area contributed by atoms with E-state index in [-0.39, 0.29) is 5.41 Å². The Balaban J connectivity index is 1.37. The van der Waals surface area contributed by atoms with Gasteiger partial charge in [-0.05, 0) is 78.5 Å². The second kappa shape index (κ2) is 8.76. The van der Waals surface area contributed by atoms with Gasteiger partial charge in [0.05, 0.1) is 11.2 Å². The fourth-order valence-corrected chi connectivity index (χ4v) is 6.64. The molecule has 2 aliphatic rings. The number of para-hydroxylation sites is 1. The van der Waals surface area contributed by atoms with Crippen LogP contribution in [0, 0.1) is 11.8 Å². The number of aromatic nitrogens is 1. The Morgan fingerprint density at radius 3 is 2.59 bits per heavy atom. The first-order valence-electron chi connectivity index (χ1n) is 12.5. The van der Waals surface area contributed by atoms with E-state index in [9.17, 15) is 0 Å². The van der Waals surface area contributed by atoms with E-state index in [1.807, 2.05) is 18.2 Å². The Hall–Kier alpha value is -3.39. The molecule has 0 saturated heterocycles. The lowest BCUT2D eigenvalue weighted by Gasteiger charge is -2.40. The van der Waals surface area contributed by atoms with Gasteiger partial charge in [-0.1, -0.05) is 73.2 Å². The fourth-order valence-electron chi connectivity index (χ4n) is 6.64. The second-order valence-electron chi connectivity index (χ2n) is 10.0. The van der Waals surface area contributed by atoms with Gasteiger partial charge in [0, 0.05) is 10.8 Å². The Labute approximate surface area is 202 Å². The van der Waals surface area contributed by atoms with Crippen LogP contribution in [-0.4, -0.2) is 4.98 Å². The predicted octanol–water partition coefficient (Wildman–Crippen LogP) is 7.65. The van der Waals surface area contributed by atoms with Crippen LogP contribution in [-0.2, 0) is 18.4 Å². The quantitative estimate of drug-likeness (QED) is 0.273. The molecule has 2 saturated carbocycles. The molecule has 3 atom stereocenters. The van der Waals surface area contributed by atoms with Crippen LogP contribution in [0.15, 0.2) is 97.6 Å². The maximum atomic E-state index is 6.35. The van der Waals surface area contributed by atoms with E-state index in [2.05, 4.69) is 79.4 Å². The summed E-state index contributed by atoms with van der Waals surface area (Å²) in [5.74, 6) is 2.45. The minimum atomic E-state index is 0.0725. The fraction of sp³-hybridized carbons (Fsp3) is 0.281. The van der Waals surface area contributed by atoms with Crippen LogP contribution in [0.5, 0.6) is 5.75 Å². The molecule has 6 rings (SSSR count). The van der Waals surface area contributed by atoms with Crippen molar-refractivity contribution < 1.29 is 4.74 Å². The van der Waals surface area contributed by atoms with Crippen molar-refractivity contribution in [3.8, 4) is 5.75 Å². The monoisotopic (exact) mass is 445 g/mol. The SMILES string of the molecule is C=CCc1ccc(OCc2ccc3ccccc3n2)cc1C1(c2ccccc2)CC2CCC1C2. The van der Waals surface area contributed by atoms with E-state index < -0.39 is 0 Å². The van der Waals surface area contributed by atoms with Gasteiger partial charge in [0.25, 0.3) is 0 Å². The lowest BCUT2D eigenvalue weighted by Crippen LogP contribution is -2.35. The van der Waals surface area contributed by atoms with Gasteiger partial charge >= 0.3 is 0 Å². The third-order valence-electron chi connectivity index (χ3n) is 8.11. The summed E-state index contributed by atoms with van der Waals surface area (Å²) in [6.45, 7) is 4.52. The van der Waals surface area contributed by atoms with Crippen LogP contribution in [0.4, 0.5) is 0 Å². The smallest absolute Gasteiger partial charge is 0.130 e. The molecule has 0 amide bonds. The summed E-state index contributed by atoms with van der Waals surface area (Å²) in [4.78, 5) is 4.79. The van der Waals surface area contributed by atoms with Crippen molar-refractivity contribution in [3.05, 3.63) is 120 Å². The zero-order valence-corrected chi connectivity index (χ0v) is 19.6. The van der Waals surface area contributed by atoms with Gasteiger partial charge in [0.1, 0.15) is 12.4 Å². The van der Waals surface area contributed by atoms with E-state index in [4.69, 9.17) is 9.72 Å². The average Bonchev–Trinajstić information content (AvgIpc) is 3.51. The number of rotatable bonds is 7. The highest BCUT2D eigenvalue weighted by Crippen LogP contribution is 2.60. The van der Waals surface area contributed by atoms with Crippen molar-refractivity contribution in [3.63, 3.8) is 0 Å². The molecule has 0 spiro atoms. The third-order valence-corrected chi connectivity index (χ3v) is 8.11. The van der Waals surface area contributed by atoms with Gasteiger partial charge in [0.15, 0.2) is 0 Å². The van der Waals surface area contributed by atoms with Crippen molar-refractivity contribution in [1.82, 2.24) is 4.98 Å². The van der Waals surface area contributed by atoms with Crippen LogP contribution in [0.1, 0.15) is 48.1 Å². The molecule has 2 fully saturated rings. The van der Waals surface area contributed by atoms with Crippen LogP contribution < -0.4 is 4.74 Å². The highest BCUT2D eigenvalue weighted by atomic mass is 16.5. The molecule has 0 aliphatic heterocycles. The van der Waals surface area contributed by atoms with Crippen LogP contribution in [0.2, 0.25) is 0 Å². The molecule has 0 N–H and O–H groups in total. The van der Waals surface area contributed by atoms with Gasteiger partial charge in [-0.3, -0.25) is 0 Å². The second-order valence-corrected chi connectivity index (χ2v) is 10.0. The number of nitrogens with zero attached hydrogens (tertiary/aromatic N) is 1. The highest BCUT2D eigenvalue weighted by molar-refractivity contribution is 5.78. The van der Waals surface area contributed by atoms with E-state index in [0.29, 0.717) is 12.5 Å². The molecule has 3 unspecified atom stereocenters. The van der Waals surface area contributed by atoms with E-state index in [0.717, 1.165) is 34.7 Å². The van der Waals surface area contributed by atoms with E-state index in [1.165, 1.54) is 42.4 Å². The molecular formula is C32H31NO. The van der Waals surface area contributed by atoms with E-state index in [1.54, 1.807) is 0 Å². The van der Waals surface area contributed by atoms with Crippen molar-refractivity contribution >= 4 is 10.9 Å². The lowest BCUT2D eigenvalue weighted by atomic mass is 9.63. The van der Waals surface area contributed by atoms with E-state index >= 15 is 0 Å². The Bertz CT molecular complexity index is 1330. The summed E-state index contributed by atoms with van der Waals surface area (Å²) < 4.78 is 6.35. The number of pyridine rings is 1. The van der Waals surface area contributed by atoms with Crippen LogP contribution >= 0.6 is 0 Å². The number of fused-ring (bicyclic) bond motifs is 3. The summed E-state index contributed by atoms with van der Waals surface area (Å²) in [6.07, 6.45) is 8.19. The maximum absolute atomic E-state index is 6.35. The topological polar surface area (TPSA) is 22.1 Å². The van der Waals surface area contributed by atoms with Crippen molar-refractivity contribution in [2.45, 2.75) is 44.1 Å². The average molecular weight is 446 g/mol.